The molecule has 0 heterocycles. The van der Waals surface area contributed by atoms with Crippen LogP contribution in [0.1, 0.15) is 25.7 Å². The fraction of sp³-hybridized carbons (Fsp3) is 0.500. The summed E-state index contributed by atoms with van der Waals surface area (Å²) in [5.74, 6) is 0.258. The van der Waals surface area contributed by atoms with Crippen molar-refractivity contribution < 1.29 is 9.59 Å². The van der Waals surface area contributed by atoms with Gasteiger partial charge in [0.05, 0.1) is 0 Å². The highest BCUT2D eigenvalue weighted by atomic mass is 35.5. The van der Waals surface area contributed by atoms with Crippen molar-refractivity contribution in [1.29, 1.82) is 0 Å². The van der Waals surface area contributed by atoms with Gasteiger partial charge in [0.25, 0.3) is 0 Å². The van der Waals surface area contributed by atoms with Crippen LogP contribution in [-0.4, -0.2) is 24.9 Å². The largest absolute Gasteiger partial charge is 0.355 e. The van der Waals surface area contributed by atoms with Gasteiger partial charge < -0.3 is 16.4 Å². The van der Waals surface area contributed by atoms with Crippen molar-refractivity contribution in [2.75, 3.05) is 18.4 Å². The molecule has 5 nitrogen and oxygen atoms in total. The summed E-state index contributed by atoms with van der Waals surface area (Å²) < 4.78 is 0. The van der Waals surface area contributed by atoms with Gasteiger partial charge in [0.2, 0.25) is 11.8 Å². The Bertz CT molecular complexity index is 482. The Hall–Kier alpha value is -1.59. The number of para-hydroxylation sites is 1. The molecule has 0 bridgehead atoms. The summed E-state index contributed by atoms with van der Waals surface area (Å²) in [6, 6.07) is 9.29. The van der Waals surface area contributed by atoms with E-state index in [1.165, 1.54) is 0 Å². The minimum absolute atomic E-state index is 0. The van der Waals surface area contributed by atoms with E-state index in [4.69, 9.17) is 5.73 Å². The first-order chi connectivity index (χ1) is 10.2. The molecule has 122 valence electrons. The first-order valence-corrected chi connectivity index (χ1v) is 7.53. The van der Waals surface area contributed by atoms with Gasteiger partial charge in [-0.15, -0.1) is 12.4 Å². The molecule has 2 amide bonds. The van der Waals surface area contributed by atoms with Gasteiger partial charge in [-0.2, -0.15) is 0 Å². The van der Waals surface area contributed by atoms with Gasteiger partial charge in [0, 0.05) is 24.6 Å². The summed E-state index contributed by atoms with van der Waals surface area (Å²) in [5.41, 5.74) is 6.45. The molecule has 1 aliphatic rings. The Balaban J connectivity index is 0.00000242. The standard InChI is InChI=1S/C16H23N3O2.ClH/c17-11-12-5-4-8-14(12)16(21)18-10-9-15(20)19-13-6-2-1-3-7-13;/h1-3,6-7,12,14H,4-5,8-11,17H2,(H,18,21)(H,19,20);1H/t12-,14-;/m1./s1. The molecule has 4 N–H and O–H groups in total. The molecular formula is C16H24ClN3O2. The van der Waals surface area contributed by atoms with Crippen LogP contribution in [0.4, 0.5) is 5.69 Å². The summed E-state index contributed by atoms with van der Waals surface area (Å²) in [4.78, 5) is 23.8. The van der Waals surface area contributed by atoms with Crippen molar-refractivity contribution in [3.05, 3.63) is 30.3 Å². The zero-order valence-electron chi connectivity index (χ0n) is 12.6. The first kappa shape index (κ1) is 18.5. The highest BCUT2D eigenvalue weighted by Crippen LogP contribution is 2.30. The van der Waals surface area contributed by atoms with Crippen molar-refractivity contribution >= 4 is 29.9 Å². The van der Waals surface area contributed by atoms with E-state index in [2.05, 4.69) is 10.6 Å². The average molecular weight is 326 g/mol. The van der Waals surface area contributed by atoms with Crippen molar-refractivity contribution in [1.82, 2.24) is 5.32 Å². The normalized spacial score (nSPS) is 20.0. The van der Waals surface area contributed by atoms with Crippen LogP contribution >= 0.6 is 12.4 Å². The van der Waals surface area contributed by atoms with Crippen LogP contribution in [0, 0.1) is 11.8 Å². The highest BCUT2D eigenvalue weighted by molar-refractivity contribution is 5.91. The maximum Gasteiger partial charge on any atom is 0.226 e. The number of hydrogen-bond donors (Lipinski definition) is 3. The maximum atomic E-state index is 12.1. The number of amides is 2. The molecule has 6 heteroatoms. The second-order valence-corrected chi connectivity index (χ2v) is 5.49. The summed E-state index contributed by atoms with van der Waals surface area (Å²) in [6.07, 6.45) is 3.28. The van der Waals surface area contributed by atoms with E-state index in [1.807, 2.05) is 30.3 Å². The van der Waals surface area contributed by atoms with Crippen molar-refractivity contribution in [3.8, 4) is 0 Å². The summed E-state index contributed by atoms with van der Waals surface area (Å²) in [7, 11) is 0. The van der Waals surface area contributed by atoms with Gasteiger partial charge in [-0.3, -0.25) is 9.59 Å². The number of carbonyl (C=O) groups excluding carboxylic acids is 2. The highest BCUT2D eigenvalue weighted by Gasteiger charge is 2.31. The monoisotopic (exact) mass is 325 g/mol. The number of nitrogens with two attached hydrogens (primary N) is 1. The second-order valence-electron chi connectivity index (χ2n) is 5.49. The van der Waals surface area contributed by atoms with E-state index in [0.717, 1.165) is 24.9 Å². The van der Waals surface area contributed by atoms with Gasteiger partial charge in [0.15, 0.2) is 0 Å². The predicted octanol–water partition coefficient (Wildman–Crippen LogP) is 1.93. The molecule has 1 aliphatic carbocycles. The lowest BCUT2D eigenvalue weighted by Crippen LogP contribution is -2.36. The topological polar surface area (TPSA) is 84.2 Å². The number of nitrogens with one attached hydrogen (secondary N) is 2. The van der Waals surface area contributed by atoms with Crippen LogP contribution in [0.3, 0.4) is 0 Å². The summed E-state index contributed by atoms with van der Waals surface area (Å²) >= 11 is 0. The van der Waals surface area contributed by atoms with Crippen LogP contribution in [-0.2, 0) is 9.59 Å². The van der Waals surface area contributed by atoms with Crippen LogP contribution in [0.25, 0.3) is 0 Å². The van der Waals surface area contributed by atoms with Crippen molar-refractivity contribution in [2.45, 2.75) is 25.7 Å². The predicted molar refractivity (Wildman–Crippen MR) is 89.8 cm³/mol. The quantitative estimate of drug-likeness (QED) is 0.747. The third-order valence-electron chi connectivity index (χ3n) is 4.01. The zero-order valence-corrected chi connectivity index (χ0v) is 13.4. The van der Waals surface area contributed by atoms with E-state index in [9.17, 15) is 9.59 Å². The third-order valence-corrected chi connectivity index (χ3v) is 4.01. The lowest BCUT2D eigenvalue weighted by Gasteiger charge is -2.17. The molecule has 0 aliphatic heterocycles. The van der Waals surface area contributed by atoms with E-state index in [1.54, 1.807) is 0 Å². The molecular weight excluding hydrogens is 302 g/mol. The van der Waals surface area contributed by atoms with Crippen LogP contribution in [0.5, 0.6) is 0 Å². The second kappa shape index (κ2) is 9.43. The molecule has 1 fully saturated rings. The zero-order chi connectivity index (χ0) is 15.1. The minimum atomic E-state index is -0.0942. The molecule has 1 aromatic carbocycles. The Morgan fingerprint density at radius 1 is 1.18 bits per heavy atom. The molecule has 0 spiro atoms. The van der Waals surface area contributed by atoms with Crippen LogP contribution in [0.15, 0.2) is 30.3 Å². The van der Waals surface area contributed by atoms with E-state index < -0.39 is 0 Å². The Labute approximate surface area is 137 Å². The van der Waals surface area contributed by atoms with Gasteiger partial charge in [0.1, 0.15) is 0 Å². The maximum absolute atomic E-state index is 12.1. The van der Waals surface area contributed by atoms with Crippen molar-refractivity contribution in [2.24, 2.45) is 17.6 Å². The molecule has 2 atom stereocenters. The first-order valence-electron chi connectivity index (χ1n) is 7.53. The molecule has 1 aromatic rings. The number of hydrogen-bond acceptors (Lipinski definition) is 3. The lowest BCUT2D eigenvalue weighted by atomic mass is 9.95. The number of anilines is 1. The fourth-order valence-electron chi connectivity index (χ4n) is 2.84. The number of carbonyl (C=O) groups is 2. The molecule has 1 saturated carbocycles. The SMILES string of the molecule is Cl.NC[C@H]1CCC[C@H]1C(=O)NCCC(=O)Nc1ccccc1. The Morgan fingerprint density at radius 3 is 2.59 bits per heavy atom. The fourth-order valence-corrected chi connectivity index (χ4v) is 2.84. The molecule has 0 saturated heterocycles. The molecule has 22 heavy (non-hydrogen) atoms. The molecule has 0 radical (unpaired) electrons. The van der Waals surface area contributed by atoms with Crippen LogP contribution in [0.2, 0.25) is 0 Å². The van der Waals surface area contributed by atoms with E-state index in [-0.39, 0.29) is 36.6 Å². The summed E-state index contributed by atoms with van der Waals surface area (Å²) in [6.45, 7) is 0.928. The molecule has 0 aromatic heterocycles. The van der Waals surface area contributed by atoms with Crippen molar-refractivity contribution in [3.63, 3.8) is 0 Å². The van der Waals surface area contributed by atoms with E-state index >= 15 is 0 Å². The molecule has 0 unspecified atom stereocenters. The lowest BCUT2D eigenvalue weighted by molar-refractivity contribution is -0.126. The third kappa shape index (κ3) is 5.31. The molecule has 2 rings (SSSR count). The average Bonchev–Trinajstić information content (AvgIpc) is 2.96. The summed E-state index contributed by atoms with van der Waals surface area (Å²) in [5, 5.41) is 5.65. The number of halogens is 1. The number of benzene rings is 1. The minimum Gasteiger partial charge on any atom is -0.355 e. The van der Waals surface area contributed by atoms with E-state index in [0.29, 0.717) is 19.0 Å². The Kier molecular flexibility index (Phi) is 7.91. The number of rotatable bonds is 6. The smallest absolute Gasteiger partial charge is 0.226 e. The van der Waals surface area contributed by atoms with Crippen LogP contribution < -0.4 is 16.4 Å². The Morgan fingerprint density at radius 2 is 1.91 bits per heavy atom. The van der Waals surface area contributed by atoms with Gasteiger partial charge in [-0.05, 0) is 37.4 Å². The van der Waals surface area contributed by atoms with Gasteiger partial charge >= 0.3 is 0 Å². The van der Waals surface area contributed by atoms with Gasteiger partial charge in [-0.1, -0.05) is 24.6 Å². The van der Waals surface area contributed by atoms with Gasteiger partial charge in [-0.25, -0.2) is 0 Å².